The number of halogens is 3. The predicted octanol–water partition coefficient (Wildman–Crippen LogP) is 4.26. The number of terminal acetylenes is 1. The monoisotopic (exact) mass is 332 g/mol. The van der Waals surface area contributed by atoms with Crippen molar-refractivity contribution < 1.29 is 9.18 Å². The highest BCUT2D eigenvalue weighted by Gasteiger charge is 2.21. The number of ketones is 1. The first kappa shape index (κ1) is 14.6. The summed E-state index contributed by atoms with van der Waals surface area (Å²) in [7, 11) is 0. The molecular formula is C16H7Cl2FN2O. The first-order chi connectivity index (χ1) is 10.5. The normalized spacial score (nSPS) is 10.6. The molecule has 108 valence electrons. The van der Waals surface area contributed by atoms with E-state index in [0.29, 0.717) is 21.9 Å². The molecule has 0 N–H and O–H groups in total. The Bertz CT molecular complexity index is 939. The number of pyridine rings is 1. The summed E-state index contributed by atoms with van der Waals surface area (Å²) >= 11 is 12.1. The van der Waals surface area contributed by atoms with Crippen LogP contribution in [0.5, 0.6) is 0 Å². The summed E-state index contributed by atoms with van der Waals surface area (Å²) < 4.78 is 14.5. The van der Waals surface area contributed by atoms with Crippen LogP contribution in [0.25, 0.3) is 16.9 Å². The molecule has 0 amide bonds. The van der Waals surface area contributed by atoms with Gasteiger partial charge in [0.25, 0.3) is 5.78 Å². The molecule has 3 nitrogen and oxygen atoms in total. The van der Waals surface area contributed by atoms with Gasteiger partial charge in [-0.2, -0.15) is 0 Å². The molecule has 22 heavy (non-hydrogen) atoms. The van der Waals surface area contributed by atoms with Crippen LogP contribution >= 0.6 is 23.2 Å². The Morgan fingerprint density at radius 3 is 2.59 bits per heavy atom. The van der Waals surface area contributed by atoms with Crippen molar-refractivity contribution in [3.05, 3.63) is 58.1 Å². The fraction of sp³-hybridized carbons (Fsp3) is 0. The van der Waals surface area contributed by atoms with Crippen molar-refractivity contribution >= 4 is 34.6 Å². The third kappa shape index (κ3) is 2.35. The minimum absolute atomic E-state index is 0.161. The van der Waals surface area contributed by atoms with Gasteiger partial charge < -0.3 is 0 Å². The number of aromatic nitrogens is 2. The first-order valence-corrected chi connectivity index (χ1v) is 6.91. The molecule has 2 aromatic heterocycles. The van der Waals surface area contributed by atoms with Gasteiger partial charge in [-0.3, -0.25) is 9.20 Å². The number of fused-ring (bicyclic) bond motifs is 1. The van der Waals surface area contributed by atoms with Gasteiger partial charge in [-0.05, 0) is 36.3 Å². The average Bonchev–Trinajstić information content (AvgIpc) is 2.87. The van der Waals surface area contributed by atoms with E-state index in [0.717, 1.165) is 0 Å². The minimum atomic E-state index is -0.565. The van der Waals surface area contributed by atoms with Crippen molar-refractivity contribution in [2.45, 2.75) is 0 Å². The zero-order valence-electron chi connectivity index (χ0n) is 11.0. The van der Waals surface area contributed by atoms with Gasteiger partial charge >= 0.3 is 0 Å². The molecule has 6 heteroatoms. The van der Waals surface area contributed by atoms with E-state index >= 15 is 0 Å². The number of imidazole rings is 1. The molecule has 0 aliphatic heterocycles. The van der Waals surface area contributed by atoms with E-state index in [9.17, 15) is 9.18 Å². The van der Waals surface area contributed by atoms with Gasteiger partial charge in [0.05, 0.1) is 10.0 Å². The van der Waals surface area contributed by atoms with Crippen molar-refractivity contribution in [1.82, 2.24) is 9.38 Å². The van der Waals surface area contributed by atoms with E-state index in [4.69, 9.17) is 29.6 Å². The summed E-state index contributed by atoms with van der Waals surface area (Å²) in [5.74, 6) is 1.10. The lowest BCUT2D eigenvalue weighted by atomic mass is 10.1. The van der Waals surface area contributed by atoms with Crippen LogP contribution in [0.3, 0.4) is 0 Å². The first-order valence-electron chi connectivity index (χ1n) is 6.15. The van der Waals surface area contributed by atoms with Crippen molar-refractivity contribution in [2.24, 2.45) is 0 Å². The van der Waals surface area contributed by atoms with Crippen LogP contribution in [0.2, 0.25) is 10.0 Å². The summed E-state index contributed by atoms with van der Waals surface area (Å²) in [5, 5.41) is 0.624. The fourth-order valence-electron chi connectivity index (χ4n) is 2.17. The number of hydrogen-bond acceptors (Lipinski definition) is 2. The average molecular weight is 333 g/mol. The molecule has 0 bridgehead atoms. The van der Waals surface area contributed by atoms with Crippen LogP contribution in [0, 0.1) is 18.2 Å². The second kappa shape index (κ2) is 5.45. The van der Waals surface area contributed by atoms with Crippen molar-refractivity contribution in [3.63, 3.8) is 0 Å². The number of Topliss-reactive ketones (excluding diaryl/α,β-unsaturated/α-hetero) is 1. The lowest BCUT2D eigenvalue weighted by Gasteiger charge is -2.02. The van der Waals surface area contributed by atoms with E-state index in [1.807, 2.05) is 0 Å². The molecular weight excluding hydrogens is 326 g/mol. The lowest BCUT2D eigenvalue weighted by Crippen LogP contribution is -2.02. The molecule has 0 atom stereocenters. The second-order valence-corrected chi connectivity index (χ2v) is 5.33. The highest BCUT2D eigenvalue weighted by molar-refractivity contribution is 6.36. The molecule has 0 spiro atoms. The third-order valence-corrected chi connectivity index (χ3v) is 3.59. The molecule has 0 unspecified atom stereocenters. The number of carbonyl (C=O) groups excluding carboxylic acids is 1. The van der Waals surface area contributed by atoms with Crippen LogP contribution in [-0.2, 0) is 0 Å². The van der Waals surface area contributed by atoms with Gasteiger partial charge in [-0.1, -0.05) is 23.2 Å². The van der Waals surface area contributed by atoms with Gasteiger partial charge in [-0.15, -0.1) is 6.42 Å². The molecule has 1 aromatic carbocycles. The van der Waals surface area contributed by atoms with Crippen molar-refractivity contribution in [1.29, 1.82) is 0 Å². The van der Waals surface area contributed by atoms with Crippen LogP contribution in [0.4, 0.5) is 4.39 Å². The third-order valence-electron chi connectivity index (χ3n) is 3.11. The summed E-state index contributed by atoms with van der Waals surface area (Å²) in [4.78, 5) is 16.5. The Labute approximate surface area is 135 Å². The van der Waals surface area contributed by atoms with E-state index in [2.05, 4.69) is 10.9 Å². The number of nitrogens with zero attached hydrogens (tertiary/aromatic N) is 2. The van der Waals surface area contributed by atoms with E-state index in [1.165, 1.54) is 40.9 Å². The molecule has 0 saturated carbocycles. The largest absolute Gasteiger partial charge is 0.293 e. The molecule has 0 fully saturated rings. The smallest absolute Gasteiger partial charge is 0.254 e. The Hall–Kier alpha value is -2.35. The van der Waals surface area contributed by atoms with Crippen molar-refractivity contribution in [2.75, 3.05) is 0 Å². The second-order valence-electron chi connectivity index (χ2n) is 4.49. The van der Waals surface area contributed by atoms with E-state index in [-0.39, 0.29) is 10.7 Å². The summed E-state index contributed by atoms with van der Waals surface area (Å²) in [6, 6.07) is 7.10. The summed E-state index contributed by atoms with van der Waals surface area (Å²) in [6.45, 7) is 0. The van der Waals surface area contributed by atoms with Crippen LogP contribution in [0.1, 0.15) is 10.5 Å². The minimum Gasteiger partial charge on any atom is -0.293 e. The van der Waals surface area contributed by atoms with Crippen LogP contribution in [-0.4, -0.2) is 15.2 Å². The molecule has 0 aliphatic rings. The maximum atomic E-state index is 13.1. The standard InChI is InChI=1S/C16H7Cl2FN2O/c1-2-13(22)15-14(9-3-5-11(19)6-4-9)20-16-12(18)7-10(17)8-21(15)16/h1,3-8H. The van der Waals surface area contributed by atoms with Gasteiger partial charge in [0, 0.05) is 11.8 Å². The highest BCUT2D eigenvalue weighted by atomic mass is 35.5. The van der Waals surface area contributed by atoms with Gasteiger partial charge in [0.1, 0.15) is 17.2 Å². The molecule has 0 radical (unpaired) electrons. The molecule has 0 aliphatic carbocycles. The Balaban J connectivity index is 2.39. The quantitative estimate of drug-likeness (QED) is 0.399. The van der Waals surface area contributed by atoms with E-state index in [1.54, 1.807) is 0 Å². The molecule has 0 saturated heterocycles. The maximum absolute atomic E-state index is 13.1. The SMILES string of the molecule is C#CC(=O)c1c(-c2ccc(F)cc2)nc2c(Cl)cc(Cl)cn12. The maximum Gasteiger partial charge on any atom is 0.254 e. The topological polar surface area (TPSA) is 34.4 Å². The van der Waals surface area contributed by atoms with E-state index < -0.39 is 11.6 Å². The lowest BCUT2D eigenvalue weighted by molar-refractivity contribution is 0.105. The summed E-state index contributed by atoms with van der Waals surface area (Å²) in [5.41, 5.74) is 1.39. The zero-order chi connectivity index (χ0) is 15.9. The Morgan fingerprint density at radius 2 is 1.95 bits per heavy atom. The zero-order valence-corrected chi connectivity index (χ0v) is 12.5. The number of carbonyl (C=O) groups is 1. The Morgan fingerprint density at radius 1 is 1.27 bits per heavy atom. The number of benzene rings is 1. The van der Waals surface area contributed by atoms with Gasteiger partial charge in [-0.25, -0.2) is 9.37 Å². The number of hydrogen-bond donors (Lipinski definition) is 0. The van der Waals surface area contributed by atoms with Crippen LogP contribution in [0.15, 0.2) is 36.5 Å². The van der Waals surface area contributed by atoms with Crippen molar-refractivity contribution in [3.8, 4) is 23.6 Å². The van der Waals surface area contributed by atoms with Gasteiger partial charge in [0.2, 0.25) is 0 Å². The predicted molar refractivity (Wildman–Crippen MR) is 83.8 cm³/mol. The van der Waals surface area contributed by atoms with Gasteiger partial charge in [0.15, 0.2) is 5.65 Å². The molecule has 3 aromatic rings. The molecule has 3 rings (SSSR count). The molecule has 2 heterocycles. The summed E-state index contributed by atoms with van der Waals surface area (Å²) in [6.07, 6.45) is 6.74. The fourth-order valence-corrected chi connectivity index (χ4v) is 2.68. The Kier molecular flexibility index (Phi) is 3.61. The number of rotatable bonds is 2. The van der Waals surface area contributed by atoms with Crippen LogP contribution < -0.4 is 0 Å². The highest BCUT2D eigenvalue weighted by Crippen LogP contribution is 2.30.